The van der Waals surface area contributed by atoms with Crippen LogP contribution in [0.3, 0.4) is 0 Å². The Labute approximate surface area is 90.5 Å². The number of ether oxygens (including phenoxy) is 2. The minimum absolute atomic E-state index is 0.0894. The highest BCUT2D eigenvalue weighted by Crippen LogP contribution is 2.14. The van der Waals surface area contributed by atoms with Gasteiger partial charge in [0.15, 0.2) is 6.29 Å². The molecule has 1 amide bonds. The molecule has 0 bridgehead atoms. The first-order valence-corrected chi connectivity index (χ1v) is 5.87. The molecule has 0 aromatic carbocycles. The smallest absolute Gasteiger partial charge is 0.222 e. The molecule has 0 aromatic rings. The lowest BCUT2D eigenvalue weighted by atomic mass is 10.1. The van der Waals surface area contributed by atoms with Crippen molar-refractivity contribution in [3.8, 4) is 0 Å². The fourth-order valence-electron chi connectivity index (χ4n) is 2.06. The van der Waals surface area contributed by atoms with Gasteiger partial charge >= 0.3 is 0 Å². The van der Waals surface area contributed by atoms with Gasteiger partial charge in [-0.15, -0.1) is 0 Å². The van der Waals surface area contributed by atoms with Crippen LogP contribution in [0.5, 0.6) is 0 Å². The highest BCUT2D eigenvalue weighted by Gasteiger charge is 2.20. The molecule has 2 heterocycles. The van der Waals surface area contributed by atoms with Crippen molar-refractivity contribution in [2.75, 3.05) is 26.3 Å². The topological polar surface area (TPSA) is 38.8 Å². The average molecular weight is 213 g/mol. The Morgan fingerprint density at radius 3 is 2.73 bits per heavy atom. The molecule has 2 fully saturated rings. The highest BCUT2D eigenvalue weighted by atomic mass is 16.7. The van der Waals surface area contributed by atoms with E-state index in [-0.39, 0.29) is 12.2 Å². The second-order valence-corrected chi connectivity index (χ2v) is 4.15. The molecule has 0 spiro atoms. The zero-order valence-corrected chi connectivity index (χ0v) is 9.11. The van der Waals surface area contributed by atoms with Gasteiger partial charge in [-0.3, -0.25) is 4.79 Å². The van der Waals surface area contributed by atoms with Crippen molar-refractivity contribution in [3.63, 3.8) is 0 Å². The standard InChI is InChI=1S/C11H19NO3/c13-10-4-1-2-6-12(10)7-5-11-14-8-3-9-15-11/h11H,1-9H2. The molecule has 4 heteroatoms. The molecule has 2 aliphatic rings. The van der Waals surface area contributed by atoms with E-state index in [4.69, 9.17) is 9.47 Å². The van der Waals surface area contributed by atoms with Crippen LogP contribution in [0.1, 0.15) is 32.1 Å². The van der Waals surface area contributed by atoms with Crippen LogP contribution in [0.2, 0.25) is 0 Å². The van der Waals surface area contributed by atoms with Crippen molar-refractivity contribution in [1.82, 2.24) is 4.90 Å². The van der Waals surface area contributed by atoms with E-state index < -0.39 is 0 Å². The van der Waals surface area contributed by atoms with Crippen LogP contribution in [0.15, 0.2) is 0 Å². The van der Waals surface area contributed by atoms with Gasteiger partial charge < -0.3 is 14.4 Å². The van der Waals surface area contributed by atoms with Crippen molar-refractivity contribution in [2.45, 2.75) is 38.4 Å². The Hall–Kier alpha value is -0.610. The van der Waals surface area contributed by atoms with E-state index in [9.17, 15) is 4.79 Å². The summed E-state index contributed by atoms with van der Waals surface area (Å²) in [5, 5.41) is 0. The van der Waals surface area contributed by atoms with Gasteiger partial charge in [-0.05, 0) is 19.3 Å². The summed E-state index contributed by atoms with van der Waals surface area (Å²) in [7, 11) is 0. The van der Waals surface area contributed by atoms with Crippen LogP contribution in [-0.2, 0) is 14.3 Å². The quantitative estimate of drug-likeness (QED) is 0.706. The lowest BCUT2D eigenvalue weighted by Crippen LogP contribution is -2.38. The van der Waals surface area contributed by atoms with E-state index in [1.165, 1.54) is 0 Å². The van der Waals surface area contributed by atoms with E-state index >= 15 is 0 Å². The van der Waals surface area contributed by atoms with E-state index in [1.807, 2.05) is 4.90 Å². The Bertz CT molecular complexity index is 214. The normalized spacial score (nSPS) is 24.5. The van der Waals surface area contributed by atoms with E-state index in [0.29, 0.717) is 6.42 Å². The molecule has 4 nitrogen and oxygen atoms in total. The molecule has 0 aliphatic carbocycles. The van der Waals surface area contributed by atoms with Gasteiger partial charge in [0.1, 0.15) is 0 Å². The summed E-state index contributed by atoms with van der Waals surface area (Å²) < 4.78 is 10.9. The lowest BCUT2D eigenvalue weighted by molar-refractivity contribution is -0.183. The number of carbonyl (C=O) groups is 1. The fraction of sp³-hybridized carbons (Fsp3) is 0.909. The Morgan fingerprint density at radius 1 is 1.20 bits per heavy atom. The van der Waals surface area contributed by atoms with Crippen molar-refractivity contribution < 1.29 is 14.3 Å². The zero-order chi connectivity index (χ0) is 10.5. The van der Waals surface area contributed by atoms with Gasteiger partial charge in [0, 0.05) is 25.9 Å². The largest absolute Gasteiger partial charge is 0.353 e. The van der Waals surface area contributed by atoms with E-state index in [1.54, 1.807) is 0 Å². The number of amides is 1. The van der Waals surface area contributed by atoms with Gasteiger partial charge in [-0.2, -0.15) is 0 Å². The number of likely N-dealkylation sites (tertiary alicyclic amines) is 1. The molecule has 2 rings (SSSR count). The third-order valence-electron chi connectivity index (χ3n) is 2.95. The van der Waals surface area contributed by atoms with Crippen molar-refractivity contribution in [2.24, 2.45) is 0 Å². The summed E-state index contributed by atoms with van der Waals surface area (Å²) in [4.78, 5) is 13.4. The first-order valence-electron chi connectivity index (χ1n) is 5.87. The molecule has 0 N–H and O–H groups in total. The predicted molar refractivity (Wildman–Crippen MR) is 55.4 cm³/mol. The Balaban J connectivity index is 1.69. The molecule has 2 aliphatic heterocycles. The molecular formula is C11H19NO3. The fourth-order valence-corrected chi connectivity index (χ4v) is 2.06. The minimum atomic E-state index is -0.0894. The van der Waals surface area contributed by atoms with Crippen LogP contribution in [0, 0.1) is 0 Å². The molecule has 0 saturated carbocycles. The van der Waals surface area contributed by atoms with Crippen LogP contribution >= 0.6 is 0 Å². The molecular weight excluding hydrogens is 194 g/mol. The maximum atomic E-state index is 11.5. The van der Waals surface area contributed by atoms with Crippen LogP contribution in [0.4, 0.5) is 0 Å². The summed E-state index contributed by atoms with van der Waals surface area (Å²) in [6.07, 6.45) is 4.61. The van der Waals surface area contributed by atoms with Gasteiger partial charge in [-0.1, -0.05) is 0 Å². The average Bonchev–Trinajstić information content (AvgIpc) is 2.29. The maximum Gasteiger partial charge on any atom is 0.222 e. The molecule has 0 radical (unpaired) electrons. The zero-order valence-electron chi connectivity index (χ0n) is 9.11. The second kappa shape index (κ2) is 5.47. The number of hydrogen-bond acceptors (Lipinski definition) is 3. The first kappa shape index (κ1) is 10.9. The SMILES string of the molecule is O=C1CCCCN1CCC1OCCCO1. The summed E-state index contributed by atoms with van der Waals surface area (Å²) >= 11 is 0. The lowest BCUT2D eigenvalue weighted by Gasteiger charge is -2.29. The van der Waals surface area contributed by atoms with Crippen LogP contribution in [0.25, 0.3) is 0 Å². The predicted octanol–water partition coefficient (Wildman–Crippen LogP) is 1.15. The number of hydrogen-bond donors (Lipinski definition) is 0. The van der Waals surface area contributed by atoms with Crippen molar-refractivity contribution in [1.29, 1.82) is 0 Å². The Morgan fingerprint density at radius 2 is 2.00 bits per heavy atom. The summed E-state index contributed by atoms with van der Waals surface area (Å²) in [6.45, 7) is 3.27. The number of carbonyl (C=O) groups excluding carboxylic acids is 1. The van der Waals surface area contributed by atoms with Crippen LogP contribution < -0.4 is 0 Å². The number of nitrogens with zero attached hydrogens (tertiary/aromatic N) is 1. The van der Waals surface area contributed by atoms with Crippen molar-refractivity contribution in [3.05, 3.63) is 0 Å². The molecule has 86 valence electrons. The maximum absolute atomic E-state index is 11.5. The second-order valence-electron chi connectivity index (χ2n) is 4.15. The van der Waals surface area contributed by atoms with Gasteiger partial charge in [0.2, 0.25) is 5.91 Å². The first-order chi connectivity index (χ1) is 7.36. The van der Waals surface area contributed by atoms with Gasteiger partial charge in [0.25, 0.3) is 0 Å². The minimum Gasteiger partial charge on any atom is -0.353 e. The van der Waals surface area contributed by atoms with Crippen LogP contribution in [-0.4, -0.2) is 43.4 Å². The molecule has 0 unspecified atom stereocenters. The van der Waals surface area contributed by atoms with Gasteiger partial charge in [0.05, 0.1) is 13.2 Å². The molecule has 0 atom stereocenters. The Kier molecular flexibility index (Phi) is 3.97. The van der Waals surface area contributed by atoms with E-state index in [2.05, 4.69) is 0 Å². The summed E-state index contributed by atoms with van der Waals surface area (Å²) in [5.74, 6) is 0.289. The number of rotatable bonds is 3. The monoisotopic (exact) mass is 213 g/mol. The van der Waals surface area contributed by atoms with Crippen molar-refractivity contribution >= 4 is 5.91 Å². The third-order valence-corrected chi connectivity index (χ3v) is 2.95. The van der Waals surface area contributed by atoms with Gasteiger partial charge in [-0.25, -0.2) is 0 Å². The molecule has 15 heavy (non-hydrogen) atoms. The summed E-state index contributed by atoms with van der Waals surface area (Å²) in [5.41, 5.74) is 0. The molecule has 2 saturated heterocycles. The molecule has 0 aromatic heterocycles. The van der Waals surface area contributed by atoms with E-state index in [0.717, 1.165) is 52.0 Å². The highest BCUT2D eigenvalue weighted by molar-refractivity contribution is 5.76. The number of piperidine rings is 1. The third kappa shape index (κ3) is 3.18. The summed E-state index contributed by atoms with van der Waals surface area (Å²) in [6, 6.07) is 0.